The molecule has 1 aromatic rings. The number of hydrogen-bond donors (Lipinski definition) is 0. The first-order valence-corrected chi connectivity index (χ1v) is 4.41. The van der Waals surface area contributed by atoms with Gasteiger partial charge < -0.3 is 4.90 Å². The van der Waals surface area contributed by atoms with E-state index in [0.29, 0.717) is 10.6 Å². The molecule has 0 aliphatic carbocycles. The van der Waals surface area contributed by atoms with Crippen LogP contribution in [0.1, 0.15) is 10.4 Å². The number of carbonyl (C=O) groups is 2. The molecule has 0 aliphatic rings. The van der Waals surface area contributed by atoms with Gasteiger partial charge in [-0.2, -0.15) is 0 Å². The minimum atomic E-state index is -0.535. The lowest BCUT2D eigenvalue weighted by atomic mass is 10.1. The van der Waals surface area contributed by atoms with Crippen molar-refractivity contribution in [3.8, 4) is 0 Å². The van der Waals surface area contributed by atoms with E-state index in [-0.39, 0.29) is 0 Å². The number of nitrogens with zero attached hydrogens (tertiary/aromatic N) is 1. The normalized spacial score (nSPS) is 9.64. The minimum Gasteiger partial charge on any atom is -0.342 e. The van der Waals surface area contributed by atoms with E-state index >= 15 is 0 Å². The van der Waals surface area contributed by atoms with Crippen LogP contribution in [0, 0.1) is 0 Å². The Bertz CT molecular complexity index is 357. The van der Waals surface area contributed by atoms with Crippen LogP contribution in [0.15, 0.2) is 24.3 Å². The van der Waals surface area contributed by atoms with Gasteiger partial charge in [0.1, 0.15) is 0 Å². The second-order valence-corrected chi connectivity index (χ2v) is 3.47. The van der Waals surface area contributed by atoms with E-state index in [9.17, 15) is 9.59 Å². The molecule has 3 nitrogen and oxygen atoms in total. The largest absolute Gasteiger partial charge is 0.342 e. The minimum absolute atomic E-state index is 0.355. The van der Waals surface area contributed by atoms with Crippen molar-refractivity contribution in [3.05, 3.63) is 34.9 Å². The Kier molecular flexibility index (Phi) is 3.25. The standard InChI is InChI=1S/C10H10ClNO2/c1-12(2)10(14)9(13)7-3-5-8(11)6-4-7/h3-6H,1-2H3. The highest BCUT2D eigenvalue weighted by atomic mass is 35.5. The Hall–Kier alpha value is -1.35. The number of rotatable bonds is 2. The van der Waals surface area contributed by atoms with Gasteiger partial charge in [0.2, 0.25) is 5.78 Å². The van der Waals surface area contributed by atoms with Crippen LogP contribution in [0.2, 0.25) is 5.02 Å². The lowest BCUT2D eigenvalue weighted by Crippen LogP contribution is -2.29. The van der Waals surface area contributed by atoms with Gasteiger partial charge in [-0.3, -0.25) is 9.59 Å². The third kappa shape index (κ3) is 2.33. The summed E-state index contributed by atoms with van der Waals surface area (Å²) in [5.41, 5.74) is 0.355. The number of carbonyl (C=O) groups excluding carboxylic acids is 2. The molecule has 0 fully saturated rings. The number of amides is 1. The molecule has 1 amide bonds. The van der Waals surface area contributed by atoms with Gasteiger partial charge in [0.25, 0.3) is 5.91 Å². The summed E-state index contributed by atoms with van der Waals surface area (Å²) in [5, 5.41) is 0.541. The number of halogens is 1. The smallest absolute Gasteiger partial charge is 0.294 e. The quantitative estimate of drug-likeness (QED) is 0.551. The first kappa shape index (κ1) is 10.7. The SMILES string of the molecule is CN(C)C(=O)C(=O)c1ccc(Cl)cc1. The third-order valence-corrected chi connectivity index (χ3v) is 1.96. The average Bonchev–Trinajstić information content (AvgIpc) is 2.16. The fourth-order valence-corrected chi connectivity index (χ4v) is 1.05. The Morgan fingerprint density at radius 2 is 1.64 bits per heavy atom. The fourth-order valence-electron chi connectivity index (χ4n) is 0.928. The highest BCUT2D eigenvalue weighted by Crippen LogP contribution is 2.10. The molecule has 0 radical (unpaired) electrons. The maximum Gasteiger partial charge on any atom is 0.294 e. The van der Waals surface area contributed by atoms with Crippen LogP contribution in [-0.2, 0) is 4.79 Å². The molecule has 0 saturated carbocycles. The number of hydrogen-bond acceptors (Lipinski definition) is 2. The molecule has 74 valence electrons. The van der Waals surface area contributed by atoms with E-state index in [1.807, 2.05) is 0 Å². The Balaban J connectivity index is 2.90. The summed E-state index contributed by atoms with van der Waals surface area (Å²) in [5.74, 6) is -1.06. The maximum absolute atomic E-state index is 11.5. The summed E-state index contributed by atoms with van der Waals surface area (Å²) in [6, 6.07) is 6.23. The molecule has 0 unspecified atom stereocenters. The maximum atomic E-state index is 11.5. The molecule has 14 heavy (non-hydrogen) atoms. The molecule has 1 aromatic carbocycles. The molecular formula is C10H10ClNO2. The van der Waals surface area contributed by atoms with Crippen LogP contribution in [0.5, 0.6) is 0 Å². The van der Waals surface area contributed by atoms with Gasteiger partial charge in [-0.15, -0.1) is 0 Å². The van der Waals surface area contributed by atoms with Crippen molar-refractivity contribution < 1.29 is 9.59 Å². The summed E-state index contributed by atoms with van der Waals surface area (Å²) in [6.45, 7) is 0. The zero-order valence-electron chi connectivity index (χ0n) is 7.95. The molecule has 0 bridgehead atoms. The topological polar surface area (TPSA) is 37.4 Å². The summed E-state index contributed by atoms with van der Waals surface area (Å²) in [4.78, 5) is 24.0. The second-order valence-electron chi connectivity index (χ2n) is 3.04. The van der Waals surface area contributed by atoms with Crippen LogP contribution in [-0.4, -0.2) is 30.7 Å². The molecule has 0 aliphatic heterocycles. The molecule has 1 rings (SSSR count). The van der Waals surface area contributed by atoms with Crippen molar-refractivity contribution in [2.75, 3.05) is 14.1 Å². The third-order valence-electron chi connectivity index (χ3n) is 1.71. The van der Waals surface area contributed by atoms with Gasteiger partial charge >= 0.3 is 0 Å². The lowest BCUT2D eigenvalue weighted by Gasteiger charge is -2.08. The molecule has 0 saturated heterocycles. The number of ketones is 1. The van der Waals surface area contributed by atoms with Crippen molar-refractivity contribution in [2.24, 2.45) is 0 Å². The first-order valence-electron chi connectivity index (χ1n) is 4.04. The zero-order chi connectivity index (χ0) is 10.7. The summed E-state index contributed by atoms with van der Waals surface area (Å²) in [6.07, 6.45) is 0. The number of benzene rings is 1. The first-order chi connectivity index (χ1) is 6.52. The van der Waals surface area contributed by atoms with E-state index in [1.165, 1.54) is 31.1 Å². The van der Waals surface area contributed by atoms with Crippen molar-refractivity contribution in [1.29, 1.82) is 0 Å². The highest BCUT2D eigenvalue weighted by Gasteiger charge is 2.17. The molecule has 0 aromatic heterocycles. The zero-order valence-corrected chi connectivity index (χ0v) is 8.71. The van der Waals surface area contributed by atoms with Gasteiger partial charge in [-0.1, -0.05) is 11.6 Å². The van der Waals surface area contributed by atoms with Gasteiger partial charge in [0.05, 0.1) is 0 Å². The molecule has 0 spiro atoms. The summed E-state index contributed by atoms with van der Waals surface area (Å²) < 4.78 is 0. The second kappa shape index (κ2) is 4.24. The summed E-state index contributed by atoms with van der Waals surface area (Å²) >= 11 is 5.65. The Morgan fingerprint density at radius 1 is 1.14 bits per heavy atom. The van der Waals surface area contributed by atoms with Gasteiger partial charge in [0, 0.05) is 24.7 Å². The number of likely N-dealkylation sites (N-methyl/N-ethyl adjacent to an activating group) is 1. The Labute approximate surface area is 87.3 Å². The fraction of sp³-hybridized carbons (Fsp3) is 0.200. The molecule has 4 heteroatoms. The van der Waals surface area contributed by atoms with Crippen molar-refractivity contribution in [1.82, 2.24) is 4.90 Å². The molecule has 0 atom stereocenters. The van der Waals surface area contributed by atoms with Crippen LogP contribution in [0.25, 0.3) is 0 Å². The van der Waals surface area contributed by atoms with Crippen LogP contribution >= 0.6 is 11.6 Å². The predicted octanol–water partition coefficient (Wildman–Crippen LogP) is 1.61. The Morgan fingerprint density at radius 3 is 2.07 bits per heavy atom. The van der Waals surface area contributed by atoms with Gasteiger partial charge in [-0.05, 0) is 24.3 Å². The van der Waals surface area contributed by atoms with E-state index in [4.69, 9.17) is 11.6 Å². The molecule has 0 N–H and O–H groups in total. The summed E-state index contributed by atoms with van der Waals surface area (Å²) in [7, 11) is 3.08. The van der Waals surface area contributed by atoms with Crippen LogP contribution in [0.4, 0.5) is 0 Å². The van der Waals surface area contributed by atoms with E-state index in [0.717, 1.165) is 0 Å². The highest BCUT2D eigenvalue weighted by molar-refractivity contribution is 6.42. The van der Waals surface area contributed by atoms with Gasteiger partial charge in [-0.25, -0.2) is 0 Å². The van der Waals surface area contributed by atoms with Crippen molar-refractivity contribution >= 4 is 23.3 Å². The van der Waals surface area contributed by atoms with E-state index < -0.39 is 11.7 Å². The number of Topliss-reactive ketones (excluding diaryl/α,β-unsaturated/α-hetero) is 1. The van der Waals surface area contributed by atoms with Crippen LogP contribution in [0.3, 0.4) is 0 Å². The van der Waals surface area contributed by atoms with Crippen LogP contribution < -0.4 is 0 Å². The molecular weight excluding hydrogens is 202 g/mol. The molecule has 0 heterocycles. The van der Waals surface area contributed by atoms with Gasteiger partial charge in [0.15, 0.2) is 0 Å². The van der Waals surface area contributed by atoms with Crippen molar-refractivity contribution in [3.63, 3.8) is 0 Å². The monoisotopic (exact) mass is 211 g/mol. The van der Waals surface area contributed by atoms with Crippen molar-refractivity contribution in [2.45, 2.75) is 0 Å². The lowest BCUT2D eigenvalue weighted by molar-refractivity contribution is -0.124. The van der Waals surface area contributed by atoms with E-state index in [2.05, 4.69) is 0 Å². The van der Waals surface area contributed by atoms with E-state index in [1.54, 1.807) is 12.1 Å². The predicted molar refractivity (Wildman–Crippen MR) is 54.5 cm³/mol. The average molecular weight is 212 g/mol.